The summed E-state index contributed by atoms with van der Waals surface area (Å²) in [7, 11) is -4.17. The van der Waals surface area contributed by atoms with Crippen molar-refractivity contribution in [1.82, 2.24) is 10.0 Å². The fraction of sp³-hybridized carbons (Fsp3) is 0.429. The fourth-order valence-corrected chi connectivity index (χ4v) is 2.64. The number of amides is 1. The van der Waals surface area contributed by atoms with Crippen molar-refractivity contribution in [2.24, 2.45) is 0 Å². The van der Waals surface area contributed by atoms with E-state index in [1.165, 1.54) is 6.92 Å². The Kier molecular flexibility index (Phi) is 7.39. The zero-order valence-electron chi connectivity index (χ0n) is 13.8. The predicted molar refractivity (Wildman–Crippen MR) is 82.6 cm³/mol. The van der Waals surface area contributed by atoms with E-state index in [4.69, 9.17) is 4.74 Å². The van der Waals surface area contributed by atoms with E-state index in [0.29, 0.717) is 6.54 Å². The molecule has 1 atom stereocenters. The van der Waals surface area contributed by atoms with Crippen molar-refractivity contribution in [3.05, 3.63) is 24.3 Å². The van der Waals surface area contributed by atoms with Crippen LogP contribution in [-0.2, 0) is 24.3 Å². The minimum atomic E-state index is -4.90. The average Bonchev–Trinajstić information content (AvgIpc) is 2.52. The molecule has 0 aliphatic rings. The number of esters is 1. The van der Waals surface area contributed by atoms with Crippen LogP contribution < -0.4 is 14.8 Å². The van der Waals surface area contributed by atoms with E-state index in [-0.39, 0.29) is 4.90 Å². The summed E-state index contributed by atoms with van der Waals surface area (Å²) in [5.74, 6) is -2.13. The van der Waals surface area contributed by atoms with E-state index in [0.717, 1.165) is 24.3 Å². The normalized spacial score (nSPS) is 13.0. The predicted octanol–water partition coefficient (Wildman–Crippen LogP) is 0.931. The third-order valence-corrected chi connectivity index (χ3v) is 4.22. The Bertz CT molecular complexity index is 734. The summed E-state index contributed by atoms with van der Waals surface area (Å²) >= 11 is 0. The molecule has 0 heterocycles. The molecule has 26 heavy (non-hydrogen) atoms. The molecule has 1 amide bonds. The van der Waals surface area contributed by atoms with E-state index >= 15 is 0 Å². The second-order valence-corrected chi connectivity index (χ2v) is 6.64. The summed E-state index contributed by atoms with van der Waals surface area (Å²) in [4.78, 5) is 22.6. The van der Waals surface area contributed by atoms with Gasteiger partial charge in [-0.3, -0.25) is 9.59 Å². The van der Waals surface area contributed by atoms with Crippen LogP contribution in [0.3, 0.4) is 0 Å². The van der Waals surface area contributed by atoms with Gasteiger partial charge in [-0.1, -0.05) is 0 Å². The number of benzene rings is 1. The lowest BCUT2D eigenvalue weighted by molar-refractivity contribution is -0.274. The SMILES string of the molecule is CCNC(=O)[C@@H](C)OC(=O)CNS(=O)(=O)c1ccc(OC(F)(F)F)cc1. The number of ether oxygens (including phenoxy) is 2. The number of halogens is 3. The number of sulfonamides is 1. The monoisotopic (exact) mass is 398 g/mol. The lowest BCUT2D eigenvalue weighted by Gasteiger charge is -2.13. The van der Waals surface area contributed by atoms with Gasteiger partial charge < -0.3 is 14.8 Å². The molecule has 0 aliphatic carbocycles. The van der Waals surface area contributed by atoms with Crippen LogP contribution in [-0.4, -0.2) is 45.9 Å². The molecule has 1 aromatic carbocycles. The molecule has 1 aromatic rings. The van der Waals surface area contributed by atoms with Gasteiger partial charge in [0, 0.05) is 6.54 Å². The van der Waals surface area contributed by atoms with Crippen LogP contribution in [0.5, 0.6) is 5.75 Å². The first-order valence-electron chi connectivity index (χ1n) is 7.27. The average molecular weight is 398 g/mol. The van der Waals surface area contributed by atoms with Crippen molar-refractivity contribution in [2.75, 3.05) is 13.1 Å². The zero-order valence-corrected chi connectivity index (χ0v) is 14.6. The Morgan fingerprint density at radius 2 is 1.77 bits per heavy atom. The Labute approximate surface area is 147 Å². The van der Waals surface area contributed by atoms with E-state index in [9.17, 15) is 31.2 Å². The first kappa shape index (κ1) is 21.7. The molecule has 0 unspecified atom stereocenters. The van der Waals surface area contributed by atoms with Crippen LogP contribution in [0.2, 0.25) is 0 Å². The van der Waals surface area contributed by atoms with Crippen LogP contribution in [0.15, 0.2) is 29.2 Å². The third kappa shape index (κ3) is 7.27. The number of rotatable bonds is 8. The van der Waals surface area contributed by atoms with Crippen LogP contribution in [0.4, 0.5) is 13.2 Å². The molecule has 0 radical (unpaired) electrons. The quantitative estimate of drug-likeness (QED) is 0.631. The highest BCUT2D eigenvalue weighted by atomic mass is 32.2. The zero-order chi connectivity index (χ0) is 20.0. The Morgan fingerprint density at radius 1 is 1.19 bits per heavy atom. The van der Waals surface area contributed by atoms with Gasteiger partial charge in [0.15, 0.2) is 6.10 Å². The summed E-state index contributed by atoms with van der Waals surface area (Å²) in [5, 5.41) is 2.42. The molecule has 0 saturated heterocycles. The van der Waals surface area contributed by atoms with Gasteiger partial charge in [0.05, 0.1) is 4.90 Å². The lowest BCUT2D eigenvalue weighted by Crippen LogP contribution is -2.38. The largest absolute Gasteiger partial charge is 0.573 e. The smallest absolute Gasteiger partial charge is 0.452 e. The maximum atomic E-state index is 12.1. The first-order valence-corrected chi connectivity index (χ1v) is 8.75. The summed E-state index contributed by atoms with van der Waals surface area (Å²) in [5.41, 5.74) is 0. The van der Waals surface area contributed by atoms with Crippen LogP contribution in [0.1, 0.15) is 13.8 Å². The van der Waals surface area contributed by atoms with Crippen LogP contribution >= 0.6 is 0 Å². The molecule has 12 heteroatoms. The standard InChI is InChI=1S/C14H17F3N2O6S/c1-3-18-13(21)9(2)24-12(20)8-19-26(22,23)11-6-4-10(5-7-11)25-14(15,16)17/h4-7,9,19H,3,8H2,1-2H3,(H,18,21)/t9-/m1/s1. The Morgan fingerprint density at radius 3 is 2.27 bits per heavy atom. The highest BCUT2D eigenvalue weighted by molar-refractivity contribution is 7.89. The second-order valence-electron chi connectivity index (χ2n) is 4.87. The van der Waals surface area contributed by atoms with Crippen molar-refractivity contribution in [3.63, 3.8) is 0 Å². The number of hydrogen-bond acceptors (Lipinski definition) is 6. The van der Waals surface area contributed by atoms with Crippen LogP contribution in [0.25, 0.3) is 0 Å². The van der Waals surface area contributed by atoms with Crippen molar-refractivity contribution in [2.45, 2.75) is 31.2 Å². The number of carbonyl (C=O) groups excluding carboxylic acids is 2. The molecular formula is C14H17F3N2O6S. The van der Waals surface area contributed by atoms with Gasteiger partial charge in [-0.2, -0.15) is 4.72 Å². The summed E-state index contributed by atoms with van der Waals surface area (Å²) < 4.78 is 70.5. The highest BCUT2D eigenvalue weighted by Crippen LogP contribution is 2.23. The van der Waals surface area contributed by atoms with Crippen molar-refractivity contribution in [3.8, 4) is 5.75 Å². The van der Waals surface area contributed by atoms with Crippen molar-refractivity contribution >= 4 is 21.9 Å². The molecule has 0 spiro atoms. The molecule has 0 aromatic heterocycles. The number of carbonyl (C=O) groups is 2. The number of nitrogens with one attached hydrogen (secondary N) is 2. The summed E-state index contributed by atoms with van der Waals surface area (Å²) in [6.07, 6.45) is -6.01. The van der Waals surface area contributed by atoms with E-state index in [2.05, 4.69) is 10.1 Å². The van der Waals surface area contributed by atoms with Gasteiger partial charge in [-0.15, -0.1) is 13.2 Å². The molecule has 0 aliphatic heterocycles. The Balaban J connectivity index is 2.63. The van der Waals surface area contributed by atoms with Gasteiger partial charge in [-0.05, 0) is 38.1 Å². The molecule has 8 nitrogen and oxygen atoms in total. The minimum absolute atomic E-state index is 0.335. The topological polar surface area (TPSA) is 111 Å². The van der Waals surface area contributed by atoms with E-state index < -0.39 is 46.7 Å². The molecule has 146 valence electrons. The van der Waals surface area contributed by atoms with E-state index in [1.54, 1.807) is 6.92 Å². The number of hydrogen-bond donors (Lipinski definition) is 2. The van der Waals surface area contributed by atoms with Gasteiger partial charge in [0.1, 0.15) is 12.3 Å². The Hall–Kier alpha value is -2.34. The first-order chi connectivity index (χ1) is 11.9. The maximum absolute atomic E-state index is 12.1. The van der Waals surface area contributed by atoms with Crippen molar-refractivity contribution < 1.29 is 40.7 Å². The molecule has 0 fully saturated rings. The van der Waals surface area contributed by atoms with Crippen molar-refractivity contribution in [1.29, 1.82) is 0 Å². The molecule has 0 bridgehead atoms. The summed E-state index contributed by atoms with van der Waals surface area (Å²) in [6.45, 7) is 2.57. The van der Waals surface area contributed by atoms with Gasteiger partial charge in [0.2, 0.25) is 10.0 Å². The number of likely N-dealkylation sites (N-methyl/N-ethyl adjacent to an activating group) is 1. The molecule has 1 rings (SSSR count). The maximum Gasteiger partial charge on any atom is 0.573 e. The van der Waals surface area contributed by atoms with Gasteiger partial charge in [-0.25, -0.2) is 8.42 Å². The molecular weight excluding hydrogens is 381 g/mol. The van der Waals surface area contributed by atoms with E-state index in [1.807, 2.05) is 4.72 Å². The second kappa shape index (κ2) is 8.85. The van der Waals surface area contributed by atoms with Gasteiger partial charge in [0.25, 0.3) is 5.91 Å². The molecule has 0 saturated carbocycles. The highest BCUT2D eigenvalue weighted by Gasteiger charge is 2.31. The molecule has 2 N–H and O–H groups in total. The number of alkyl halides is 3. The lowest BCUT2D eigenvalue weighted by atomic mass is 10.3. The third-order valence-electron chi connectivity index (χ3n) is 2.80. The van der Waals surface area contributed by atoms with Gasteiger partial charge >= 0.3 is 12.3 Å². The fourth-order valence-electron chi connectivity index (χ4n) is 1.67. The minimum Gasteiger partial charge on any atom is -0.452 e. The van der Waals surface area contributed by atoms with Crippen LogP contribution in [0, 0.1) is 0 Å². The summed E-state index contributed by atoms with van der Waals surface area (Å²) in [6, 6.07) is 3.40.